The van der Waals surface area contributed by atoms with Gasteiger partial charge in [0.1, 0.15) is 0 Å². The van der Waals surface area contributed by atoms with Gasteiger partial charge in [-0.25, -0.2) is 0 Å². The number of carbonyl (C=O) groups excluding carboxylic acids is 2. The maximum atomic E-state index is 12.9. The van der Waals surface area contributed by atoms with Crippen LogP contribution in [0.25, 0.3) is 0 Å². The molecule has 2 amide bonds. The zero-order chi connectivity index (χ0) is 21.5. The van der Waals surface area contributed by atoms with Gasteiger partial charge in [-0.05, 0) is 44.9 Å². The van der Waals surface area contributed by atoms with Crippen LogP contribution in [0.15, 0.2) is 35.1 Å². The van der Waals surface area contributed by atoms with Crippen LogP contribution in [0.3, 0.4) is 0 Å². The van der Waals surface area contributed by atoms with Gasteiger partial charge in [-0.2, -0.15) is 0 Å². The minimum atomic E-state index is -0.0960. The third-order valence-corrected chi connectivity index (χ3v) is 5.45. The SMILES string of the molecule is Cc1cc(CN(C)C(=O)[C@@H]2CC[C@H](NC(=O)CCc3cccnc3)CN(C)C2)on1. The number of likely N-dealkylation sites (tertiary alicyclic amines) is 1. The van der Waals surface area contributed by atoms with Gasteiger partial charge in [0.15, 0.2) is 5.76 Å². The predicted octanol–water partition coefficient (Wildman–Crippen LogP) is 1.80. The summed E-state index contributed by atoms with van der Waals surface area (Å²) in [7, 11) is 3.79. The number of hydrogen-bond acceptors (Lipinski definition) is 6. The third kappa shape index (κ3) is 6.38. The molecule has 0 bridgehead atoms. The number of hydrogen-bond donors (Lipinski definition) is 1. The fraction of sp³-hybridized carbons (Fsp3) is 0.545. The van der Waals surface area contributed by atoms with Crippen molar-refractivity contribution in [2.75, 3.05) is 27.2 Å². The van der Waals surface area contributed by atoms with Gasteiger partial charge in [0.25, 0.3) is 0 Å². The van der Waals surface area contributed by atoms with Crippen molar-refractivity contribution in [2.24, 2.45) is 5.92 Å². The highest BCUT2D eigenvalue weighted by Crippen LogP contribution is 2.19. The zero-order valence-electron chi connectivity index (χ0n) is 18.0. The van der Waals surface area contributed by atoms with E-state index < -0.39 is 0 Å². The van der Waals surface area contributed by atoms with Crippen LogP contribution < -0.4 is 5.32 Å². The highest BCUT2D eigenvalue weighted by molar-refractivity contribution is 5.79. The van der Waals surface area contributed by atoms with Crippen LogP contribution in [0.1, 0.15) is 36.3 Å². The second-order valence-electron chi connectivity index (χ2n) is 8.25. The van der Waals surface area contributed by atoms with Crippen LogP contribution in [0.4, 0.5) is 0 Å². The molecule has 162 valence electrons. The number of likely N-dealkylation sites (N-methyl/N-ethyl adjacent to an activating group) is 1. The topological polar surface area (TPSA) is 91.6 Å². The largest absolute Gasteiger partial charge is 0.359 e. The monoisotopic (exact) mass is 413 g/mol. The number of pyridine rings is 1. The fourth-order valence-corrected chi connectivity index (χ4v) is 3.95. The Morgan fingerprint density at radius 2 is 2.17 bits per heavy atom. The van der Waals surface area contributed by atoms with Crippen molar-refractivity contribution in [3.8, 4) is 0 Å². The first-order chi connectivity index (χ1) is 14.4. The van der Waals surface area contributed by atoms with Gasteiger partial charge >= 0.3 is 0 Å². The van der Waals surface area contributed by atoms with Crippen molar-refractivity contribution in [3.63, 3.8) is 0 Å². The van der Waals surface area contributed by atoms with Crippen molar-refractivity contribution in [1.82, 2.24) is 25.3 Å². The number of aromatic nitrogens is 2. The summed E-state index contributed by atoms with van der Waals surface area (Å²) in [6.07, 6.45) is 6.17. The highest BCUT2D eigenvalue weighted by Gasteiger charge is 2.29. The van der Waals surface area contributed by atoms with E-state index in [9.17, 15) is 9.59 Å². The summed E-state index contributed by atoms with van der Waals surface area (Å²) in [5, 5.41) is 7.02. The van der Waals surface area contributed by atoms with Gasteiger partial charge in [0.05, 0.1) is 18.2 Å². The Morgan fingerprint density at radius 1 is 1.33 bits per heavy atom. The summed E-state index contributed by atoms with van der Waals surface area (Å²) in [5.74, 6) is 0.727. The maximum Gasteiger partial charge on any atom is 0.227 e. The average molecular weight is 414 g/mol. The van der Waals surface area contributed by atoms with Gasteiger partial charge in [-0.1, -0.05) is 11.2 Å². The normalized spacial score (nSPS) is 19.8. The second kappa shape index (κ2) is 10.3. The van der Waals surface area contributed by atoms with Crippen molar-refractivity contribution in [2.45, 2.75) is 45.2 Å². The maximum absolute atomic E-state index is 12.9. The van der Waals surface area contributed by atoms with E-state index in [0.29, 0.717) is 31.7 Å². The summed E-state index contributed by atoms with van der Waals surface area (Å²) >= 11 is 0. The smallest absolute Gasteiger partial charge is 0.227 e. The van der Waals surface area contributed by atoms with Crippen molar-refractivity contribution in [3.05, 3.63) is 47.6 Å². The van der Waals surface area contributed by atoms with E-state index in [2.05, 4.69) is 20.4 Å². The molecule has 8 heteroatoms. The predicted molar refractivity (Wildman–Crippen MR) is 112 cm³/mol. The molecule has 2 atom stereocenters. The van der Waals surface area contributed by atoms with E-state index >= 15 is 0 Å². The Bertz CT molecular complexity index is 838. The molecule has 0 saturated carbocycles. The Hall–Kier alpha value is -2.74. The molecule has 1 aliphatic heterocycles. The summed E-state index contributed by atoms with van der Waals surface area (Å²) in [6.45, 7) is 3.70. The first kappa shape index (κ1) is 22.0. The molecule has 0 spiro atoms. The van der Waals surface area contributed by atoms with E-state index in [0.717, 1.165) is 30.6 Å². The fourth-order valence-electron chi connectivity index (χ4n) is 3.95. The van der Waals surface area contributed by atoms with E-state index in [1.807, 2.05) is 32.2 Å². The quantitative estimate of drug-likeness (QED) is 0.744. The molecular formula is C22H31N5O3. The van der Waals surface area contributed by atoms with E-state index in [1.54, 1.807) is 24.3 Å². The lowest BCUT2D eigenvalue weighted by atomic mass is 10.00. The molecule has 1 aliphatic rings. The number of nitrogens with zero attached hydrogens (tertiary/aromatic N) is 4. The van der Waals surface area contributed by atoms with E-state index in [-0.39, 0.29) is 23.8 Å². The molecule has 3 rings (SSSR count). The van der Waals surface area contributed by atoms with Gasteiger partial charge in [0.2, 0.25) is 11.8 Å². The van der Waals surface area contributed by atoms with Crippen LogP contribution in [0, 0.1) is 12.8 Å². The van der Waals surface area contributed by atoms with Crippen LogP contribution in [0.2, 0.25) is 0 Å². The highest BCUT2D eigenvalue weighted by atomic mass is 16.5. The van der Waals surface area contributed by atoms with Crippen molar-refractivity contribution < 1.29 is 14.1 Å². The van der Waals surface area contributed by atoms with Crippen LogP contribution in [0.5, 0.6) is 0 Å². The standard InChI is InChI=1S/C22H31N5O3/c1-16-11-20(30-25-16)15-27(3)22(29)18-7-8-19(14-26(2)13-18)24-21(28)9-6-17-5-4-10-23-12-17/h4-5,10-12,18-19H,6-9,13-15H2,1-3H3,(H,24,28)/t18-,19+/m1/s1. The van der Waals surface area contributed by atoms with Gasteiger partial charge in [-0.3, -0.25) is 14.6 Å². The van der Waals surface area contributed by atoms with Crippen molar-refractivity contribution >= 4 is 11.8 Å². The van der Waals surface area contributed by atoms with Crippen LogP contribution in [-0.2, 0) is 22.6 Å². The Labute approximate surface area is 177 Å². The number of aryl methyl sites for hydroxylation is 2. The molecule has 0 unspecified atom stereocenters. The molecule has 2 aromatic rings. The Balaban J connectivity index is 1.48. The molecule has 8 nitrogen and oxygen atoms in total. The molecule has 30 heavy (non-hydrogen) atoms. The van der Waals surface area contributed by atoms with Gasteiger partial charge < -0.3 is 19.6 Å². The summed E-state index contributed by atoms with van der Waals surface area (Å²) in [5.41, 5.74) is 1.86. The molecule has 1 fully saturated rings. The lowest BCUT2D eigenvalue weighted by Gasteiger charge is -2.24. The number of carbonyl (C=O) groups is 2. The molecule has 1 saturated heterocycles. The van der Waals surface area contributed by atoms with Crippen LogP contribution >= 0.6 is 0 Å². The third-order valence-electron chi connectivity index (χ3n) is 5.45. The molecule has 1 N–H and O–H groups in total. The number of amides is 2. The molecule has 0 radical (unpaired) electrons. The molecule has 0 aromatic carbocycles. The zero-order valence-corrected chi connectivity index (χ0v) is 18.0. The minimum absolute atomic E-state index is 0.0415. The summed E-state index contributed by atoms with van der Waals surface area (Å²) < 4.78 is 5.23. The van der Waals surface area contributed by atoms with Gasteiger partial charge in [0, 0.05) is 51.1 Å². The Morgan fingerprint density at radius 3 is 2.87 bits per heavy atom. The molecule has 0 aliphatic carbocycles. The van der Waals surface area contributed by atoms with Crippen LogP contribution in [-0.4, -0.2) is 65.0 Å². The van der Waals surface area contributed by atoms with E-state index in [4.69, 9.17) is 4.52 Å². The molecule has 3 heterocycles. The summed E-state index contributed by atoms with van der Waals surface area (Å²) in [6, 6.07) is 5.76. The Kier molecular flexibility index (Phi) is 7.57. The number of rotatable bonds is 7. The number of nitrogens with one attached hydrogen (secondary N) is 1. The van der Waals surface area contributed by atoms with E-state index in [1.165, 1.54) is 0 Å². The molecular weight excluding hydrogens is 382 g/mol. The second-order valence-corrected chi connectivity index (χ2v) is 8.25. The lowest BCUT2D eigenvalue weighted by Crippen LogP contribution is -2.42. The van der Waals surface area contributed by atoms with Gasteiger partial charge in [-0.15, -0.1) is 0 Å². The first-order valence-electron chi connectivity index (χ1n) is 10.4. The van der Waals surface area contributed by atoms with Crippen molar-refractivity contribution in [1.29, 1.82) is 0 Å². The average Bonchev–Trinajstić information content (AvgIpc) is 3.04. The lowest BCUT2D eigenvalue weighted by molar-refractivity contribution is -0.135. The first-order valence-corrected chi connectivity index (χ1v) is 10.4. The summed E-state index contributed by atoms with van der Waals surface area (Å²) in [4.78, 5) is 33.2. The minimum Gasteiger partial charge on any atom is -0.359 e. The molecule has 2 aromatic heterocycles.